The first kappa shape index (κ1) is 14.2. The number of ether oxygens (including phenoxy) is 1. The highest BCUT2D eigenvalue weighted by Crippen LogP contribution is 2.27. The smallest absolute Gasteiger partial charge is 0.127 e. The van der Waals surface area contributed by atoms with Crippen LogP contribution in [0.3, 0.4) is 0 Å². The van der Waals surface area contributed by atoms with Gasteiger partial charge in [0.05, 0.1) is 0 Å². The lowest BCUT2D eigenvalue weighted by atomic mass is 10.0. The summed E-state index contributed by atoms with van der Waals surface area (Å²) in [5, 5.41) is 0. The Hall–Kier alpha value is -1.80. The van der Waals surface area contributed by atoms with Crippen molar-refractivity contribution in [1.29, 1.82) is 0 Å². The minimum atomic E-state index is 0.246. The van der Waals surface area contributed by atoms with Crippen LogP contribution in [0.25, 0.3) is 0 Å². The largest absolute Gasteiger partial charge is 0.457 e. The molecular formula is C19H22NO. The van der Waals surface area contributed by atoms with Crippen molar-refractivity contribution < 1.29 is 4.74 Å². The van der Waals surface area contributed by atoms with Gasteiger partial charge >= 0.3 is 0 Å². The van der Waals surface area contributed by atoms with Gasteiger partial charge in [-0.3, -0.25) is 4.90 Å². The minimum Gasteiger partial charge on any atom is -0.457 e. The Kier molecular flexibility index (Phi) is 4.56. The Morgan fingerprint density at radius 1 is 0.810 bits per heavy atom. The minimum absolute atomic E-state index is 0.246. The monoisotopic (exact) mass is 280 g/mol. The highest BCUT2D eigenvalue weighted by molar-refractivity contribution is 5.34. The number of rotatable bonds is 4. The molecule has 3 rings (SSSR count). The molecule has 2 heteroatoms. The second kappa shape index (κ2) is 6.77. The van der Waals surface area contributed by atoms with E-state index in [4.69, 9.17) is 4.74 Å². The van der Waals surface area contributed by atoms with Gasteiger partial charge in [0.1, 0.15) is 11.5 Å². The third-order valence-electron chi connectivity index (χ3n) is 4.08. The average Bonchev–Trinajstić information content (AvgIpc) is 2.57. The topological polar surface area (TPSA) is 12.5 Å². The van der Waals surface area contributed by atoms with Gasteiger partial charge in [0.15, 0.2) is 0 Å². The zero-order valence-electron chi connectivity index (χ0n) is 12.4. The first-order valence-electron chi connectivity index (χ1n) is 7.73. The zero-order chi connectivity index (χ0) is 14.5. The van der Waals surface area contributed by atoms with E-state index >= 15 is 0 Å². The fourth-order valence-electron chi connectivity index (χ4n) is 2.82. The zero-order valence-corrected chi connectivity index (χ0v) is 12.4. The van der Waals surface area contributed by atoms with E-state index in [-0.39, 0.29) is 6.04 Å². The molecule has 0 N–H and O–H groups in total. The Morgan fingerprint density at radius 2 is 1.43 bits per heavy atom. The molecule has 0 spiro atoms. The van der Waals surface area contributed by atoms with Gasteiger partial charge in [0, 0.05) is 6.04 Å². The highest BCUT2D eigenvalue weighted by atomic mass is 16.5. The van der Waals surface area contributed by atoms with Crippen molar-refractivity contribution in [2.24, 2.45) is 0 Å². The van der Waals surface area contributed by atoms with E-state index in [0.717, 1.165) is 24.6 Å². The van der Waals surface area contributed by atoms with Crippen molar-refractivity contribution in [3.8, 4) is 11.5 Å². The second-order valence-corrected chi connectivity index (χ2v) is 5.60. The van der Waals surface area contributed by atoms with Crippen molar-refractivity contribution in [2.75, 3.05) is 13.1 Å². The van der Waals surface area contributed by atoms with Crippen molar-refractivity contribution in [2.45, 2.75) is 25.3 Å². The Morgan fingerprint density at radius 3 is 2.10 bits per heavy atom. The molecule has 0 amide bonds. The SMILES string of the molecule is [CH2]C(c1ccc(Oc2ccccc2)cc1)N1CCCCC1. The normalized spacial score (nSPS) is 17.4. The average molecular weight is 280 g/mol. The summed E-state index contributed by atoms with van der Waals surface area (Å²) in [5.74, 6) is 1.74. The quantitative estimate of drug-likeness (QED) is 0.794. The molecule has 1 radical (unpaired) electrons. The summed E-state index contributed by atoms with van der Waals surface area (Å²) in [7, 11) is 0. The van der Waals surface area contributed by atoms with E-state index in [0.29, 0.717) is 0 Å². The highest BCUT2D eigenvalue weighted by Gasteiger charge is 2.18. The third-order valence-corrected chi connectivity index (χ3v) is 4.08. The van der Waals surface area contributed by atoms with Gasteiger partial charge < -0.3 is 4.74 Å². The van der Waals surface area contributed by atoms with E-state index in [1.165, 1.54) is 24.8 Å². The van der Waals surface area contributed by atoms with Gasteiger partial charge in [-0.2, -0.15) is 0 Å². The summed E-state index contributed by atoms with van der Waals surface area (Å²) in [6.07, 6.45) is 3.94. The summed E-state index contributed by atoms with van der Waals surface area (Å²) in [6.45, 7) is 6.66. The van der Waals surface area contributed by atoms with E-state index in [2.05, 4.69) is 24.0 Å². The number of hydrogen-bond acceptors (Lipinski definition) is 2. The lowest BCUT2D eigenvalue weighted by Gasteiger charge is -2.32. The molecule has 1 heterocycles. The van der Waals surface area contributed by atoms with Gasteiger partial charge in [0.2, 0.25) is 0 Å². The van der Waals surface area contributed by atoms with E-state index in [9.17, 15) is 0 Å². The van der Waals surface area contributed by atoms with Crippen LogP contribution >= 0.6 is 0 Å². The lowest BCUT2D eigenvalue weighted by molar-refractivity contribution is 0.190. The van der Waals surface area contributed by atoms with Crippen LogP contribution in [-0.2, 0) is 0 Å². The Labute approximate surface area is 127 Å². The molecule has 0 bridgehead atoms. The van der Waals surface area contributed by atoms with E-state index in [1.807, 2.05) is 42.5 Å². The van der Waals surface area contributed by atoms with Crippen molar-refractivity contribution in [3.63, 3.8) is 0 Å². The van der Waals surface area contributed by atoms with Crippen LogP contribution < -0.4 is 4.74 Å². The van der Waals surface area contributed by atoms with Gasteiger partial charge in [-0.1, -0.05) is 36.8 Å². The molecule has 109 valence electrons. The maximum Gasteiger partial charge on any atom is 0.127 e. The van der Waals surface area contributed by atoms with Crippen molar-refractivity contribution in [1.82, 2.24) is 4.90 Å². The molecule has 2 aromatic carbocycles. The summed E-state index contributed by atoms with van der Waals surface area (Å²) in [5.41, 5.74) is 1.26. The first-order chi connectivity index (χ1) is 10.3. The second-order valence-electron chi connectivity index (χ2n) is 5.60. The molecule has 0 saturated carbocycles. The molecule has 1 aliphatic heterocycles. The predicted molar refractivity (Wildman–Crippen MR) is 86.5 cm³/mol. The van der Waals surface area contributed by atoms with Crippen LogP contribution in [0.1, 0.15) is 30.9 Å². The summed E-state index contributed by atoms with van der Waals surface area (Å²) in [6, 6.07) is 18.4. The molecule has 1 saturated heterocycles. The molecule has 1 fully saturated rings. The molecular weight excluding hydrogens is 258 g/mol. The lowest BCUT2D eigenvalue weighted by Crippen LogP contribution is -2.32. The standard InChI is InChI=1S/C19H22NO/c1-16(20-14-6-3-7-15-20)17-10-12-19(13-11-17)21-18-8-4-2-5-9-18/h2,4-5,8-13,16H,1,3,6-7,14-15H2. The van der Waals surface area contributed by atoms with Gasteiger partial charge in [-0.25, -0.2) is 0 Å². The Balaban J connectivity index is 1.66. The third kappa shape index (κ3) is 3.64. The van der Waals surface area contributed by atoms with E-state index < -0.39 is 0 Å². The van der Waals surface area contributed by atoms with E-state index in [1.54, 1.807) is 0 Å². The molecule has 1 aliphatic rings. The number of para-hydroxylation sites is 1. The molecule has 0 aromatic heterocycles. The van der Waals surface area contributed by atoms with Crippen LogP contribution in [0.5, 0.6) is 11.5 Å². The fourth-order valence-corrected chi connectivity index (χ4v) is 2.82. The molecule has 0 aliphatic carbocycles. The first-order valence-corrected chi connectivity index (χ1v) is 7.73. The van der Waals surface area contributed by atoms with Crippen LogP contribution in [0.2, 0.25) is 0 Å². The van der Waals surface area contributed by atoms with Crippen molar-refractivity contribution >= 4 is 0 Å². The van der Waals surface area contributed by atoms with Gasteiger partial charge in [0.25, 0.3) is 0 Å². The molecule has 1 unspecified atom stereocenters. The Bertz CT molecular complexity index is 544. The van der Waals surface area contributed by atoms with Gasteiger partial charge in [-0.05, 0) is 62.7 Å². The molecule has 2 aromatic rings. The number of hydrogen-bond donors (Lipinski definition) is 0. The van der Waals surface area contributed by atoms with Crippen LogP contribution in [-0.4, -0.2) is 18.0 Å². The molecule has 1 atom stereocenters. The summed E-state index contributed by atoms with van der Waals surface area (Å²) in [4.78, 5) is 2.47. The number of benzene rings is 2. The summed E-state index contributed by atoms with van der Waals surface area (Å²) >= 11 is 0. The van der Waals surface area contributed by atoms with Crippen molar-refractivity contribution in [3.05, 3.63) is 67.1 Å². The van der Waals surface area contributed by atoms with Crippen LogP contribution in [0, 0.1) is 6.92 Å². The fraction of sp³-hybridized carbons (Fsp3) is 0.316. The maximum absolute atomic E-state index is 5.82. The number of likely N-dealkylation sites (tertiary alicyclic amines) is 1. The maximum atomic E-state index is 5.82. The number of nitrogens with zero attached hydrogens (tertiary/aromatic N) is 1. The molecule has 2 nitrogen and oxygen atoms in total. The number of piperidine rings is 1. The summed E-state index contributed by atoms with van der Waals surface area (Å²) < 4.78 is 5.82. The van der Waals surface area contributed by atoms with Crippen LogP contribution in [0.15, 0.2) is 54.6 Å². The van der Waals surface area contributed by atoms with Gasteiger partial charge in [-0.15, -0.1) is 0 Å². The predicted octanol–water partition coefficient (Wildman–Crippen LogP) is 4.84. The van der Waals surface area contributed by atoms with Crippen LogP contribution in [0.4, 0.5) is 0 Å². The molecule has 21 heavy (non-hydrogen) atoms.